The second-order valence-corrected chi connectivity index (χ2v) is 5.85. The predicted molar refractivity (Wildman–Crippen MR) is 96.9 cm³/mol. The lowest BCUT2D eigenvalue weighted by molar-refractivity contribution is -0.632. The topological polar surface area (TPSA) is 55.9 Å². The molecular weight excluding hydrogens is 282 g/mol. The van der Waals surface area contributed by atoms with Gasteiger partial charge in [-0.15, -0.1) is 0 Å². The van der Waals surface area contributed by atoms with E-state index in [0.717, 1.165) is 16.9 Å². The van der Waals surface area contributed by atoms with E-state index in [1.54, 1.807) is 0 Å². The molecule has 3 heteroatoms. The Bertz CT molecular complexity index is 1030. The molecule has 1 aromatic heterocycles. The van der Waals surface area contributed by atoms with E-state index in [2.05, 4.69) is 60.1 Å². The van der Waals surface area contributed by atoms with Crippen LogP contribution in [0.25, 0.3) is 32.9 Å². The number of benzene rings is 3. The Morgan fingerprint density at radius 1 is 0.696 bits per heavy atom. The maximum absolute atomic E-state index is 6.04. The third-order valence-corrected chi connectivity index (χ3v) is 4.37. The van der Waals surface area contributed by atoms with Gasteiger partial charge in [0.1, 0.15) is 7.05 Å². The predicted octanol–water partition coefficient (Wildman–Crippen LogP) is 3.65. The van der Waals surface area contributed by atoms with Crippen molar-refractivity contribution in [2.24, 2.45) is 7.05 Å². The number of aryl methyl sites for hydroxylation is 1. The molecule has 0 aliphatic carbocycles. The van der Waals surface area contributed by atoms with Crippen molar-refractivity contribution >= 4 is 33.1 Å². The smallest absolute Gasteiger partial charge is 0.220 e. The fraction of sp³-hybridized carbons (Fsp3) is 0.0500. The van der Waals surface area contributed by atoms with Gasteiger partial charge < -0.3 is 11.5 Å². The Morgan fingerprint density at radius 3 is 2.17 bits per heavy atom. The number of aromatic nitrogens is 1. The van der Waals surface area contributed by atoms with Gasteiger partial charge in [-0.3, -0.25) is 0 Å². The highest BCUT2D eigenvalue weighted by Gasteiger charge is 2.20. The molecule has 0 bridgehead atoms. The van der Waals surface area contributed by atoms with Gasteiger partial charge in [-0.05, 0) is 48.5 Å². The third-order valence-electron chi connectivity index (χ3n) is 4.37. The zero-order chi connectivity index (χ0) is 16.0. The van der Waals surface area contributed by atoms with Crippen molar-refractivity contribution < 1.29 is 4.57 Å². The molecule has 0 aliphatic rings. The zero-order valence-electron chi connectivity index (χ0n) is 13.0. The monoisotopic (exact) mass is 300 g/mol. The number of nitrogens with two attached hydrogens (primary N) is 2. The van der Waals surface area contributed by atoms with E-state index in [9.17, 15) is 0 Å². The molecule has 0 unspecified atom stereocenters. The van der Waals surface area contributed by atoms with Crippen molar-refractivity contribution in [2.45, 2.75) is 0 Å². The highest BCUT2D eigenvalue weighted by atomic mass is 14.9. The average molecular weight is 300 g/mol. The summed E-state index contributed by atoms with van der Waals surface area (Å²) in [6.07, 6.45) is 0. The molecule has 0 radical (unpaired) electrons. The number of rotatable bonds is 1. The molecule has 112 valence electrons. The minimum Gasteiger partial charge on any atom is -0.399 e. The number of hydrogen-bond donors (Lipinski definition) is 2. The Kier molecular flexibility index (Phi) is 2.95. The van der Waals surface area contributed by atoms with Crippen molar-refractivity contribution in [3.05, 3.63) is 66.7 Å². The van der Waals surface area contributed by atoms with E-state index in [1.807, 2.05) is 18.2 Å². The summed E-state index contributed by atoms with van der Waals surface area (Å²) < 4.78 is 2.24. The van der Waals surface area contributed by atoms with Gasteiger partial charge in [0, 0.05) is 28.4 Å². The number of nitrogens with zero attached hydrogens (tertiary/aromatic N) is 1. The highest BCUT2D eigenvalue weighted by Crippen LogP contribution is 2.32. The first-order valence-corrected chi connectivity index (χ1v) is 7.61. The van der Waals surface area contributed by atoms with Crippen molar-refractivity contribution in [3.8, 4) is 11.3 Å². The summed E-state index contributed by atoms with van der Waals surface area (Å²) in [6.45, 7) is 0. The highest BCUT2D eigenvalue weighted by molar-refractivity contribution is 6.09. The van der Waals surface area contributed by atoms with Crippen LogP contribution < -0.4 is 16.0 Å². The molecule has 3 aromatic carbocycles. The molecule has 4 rings (SSSR count). The van der Waals surface area contributed by atoms with Gasteiger partial charge in [0.05, 0.1) is 10.8 Å². The number of para-hydroxylation sites is 1. The van der Waals surface area contributed by atoms with E-state index in [1.165, 1.54) is 27.4 Å². The maximum atomic E-state index is 6.04. The molecule has 4 aromatic rings. The van der Waals surface area contributed by atoms with Crippen LogP contribution in [-0.4, -0.2) is 0 Å². The van der Waals surface area contributed by atoms with Crippen LogP contribution in [-0.2, 0) is 7.05 Å². The Labute approximate surface area is 134 Å². The summed E-state index contributed by atoms with van der Waals surface area (Å²) in [5, 5.41) is 3.56. The van der Waals surface area contributed by atoms with E-state index >= 15 is 0 Å². The van der Waals surface area contributed by atoms with E-state index < -0.39 is 0 Å². The maximum Gasteiger partial charge on any atom is 0.220 e. The number of fused-ring (bicyclic) bond motifs is 3. The Hall–Kier alpha value is -3.07. The minimum absolute atomic E-state index is 0.769. The van der Waals surface area contributed by atoms with Gasteiger partial charge in [-0.1, -0.05) is 12.1 Å². The molecule has 0 amide bonds. The lowest BCUT2D eigenvalue weighted by Crippen LogP contribution is -2.32. The number of nitrogen functional groups attached to an aromatic ring is 2. The molecule has 0 aliphatic heterocycles. The summed E-state index contributed by atoms with van der Waals surface area (Å²) in [5.74, 6) is 0. The molecule has 1 heterocycles. The molecule has 0 fully saturated rings. The summed E-state index contributed by atoms with van der Waals surface area (Å²) in [6, 6.07) is 22.5. The molecule has 0 spiro atoms. The first-order valence-electron chi connectivity index (χ1n) is 7.61. The van der Waals surface area contributed by atoms with Crippen LogP contribution in [0.2, 0.25) is 0 Å². The van der Waals surface area contributed by atoms with Crippen LogP contribution in [0.1, 0.15) is 0 Å². The molecule has 0 saturated heterocycles. The lowest BCUT2D eigenvalue weighted by Gasteiger charge is -2.10. The summed E-state index contributed by atoms with van der Waals surface area (Å²) in [5.41, 5.74) is 16.9. The second kappa shape index (κ2) is 4.99. The molecule has 0 atom stereocenters. The molecule has 0 saturated carbocycles. The third kappa shape index (κ3) is 2.09. The second-order valence-electron chi connectivity index (χ2n) is 5.85. The van der Waals surface area contributed by atoms with Crippen LogP contribution in [0.3, 0.4) is 0 Å². The SMILES string of the molecule is C[n+]1c(-c2ccc(N)cc2)c2ccc(N)cc2c2ccccc21. The first-order chi connectivity index (χ1) is 11.1. The van der Waals surface area contributed by atoms with Gasteiger partial charge in [-0.2, -0.15) is 4.57 Å². The van der Waals surface area contributed by atoms with Crippen LogP contribution in [0.4, 0.5) is 11.4 Å². The zero-order valence-corrected chi connectivity index (χ0v) is 13.0. The summed E-state index contributed by atoms with van der Waals surface area (Å²) >= 11 is 0. The first kappa shape index (κ1) is 13.6. The standard InChI is InChI=1S/C20H17N3/c1-23-19-5-3-2-4-16(19)18-12-15(22)10-11-17(18)20(23)13-6-8-14(21)9-7-13/h2-12H,1H3,(H3,21,22)/p+1. The Morgan fingerprint density at radius 2 is 1.39 bits per heavy atom. The fourth-order valence-electron chi connectivity index (χ4n) is 3.28. The van der Waals surface area contributed by atoms with Crippen LogP contribution >= 0.6 is 0 Å². The van der Waals surface area contributed by atoms with E-state index in [0.29, 0.717) is 0 Å². The lowest BCUT2D eigenvalue weighted by atomic mass is 9.98. The quantitative estimate of drug-likeness (QED) is 0.320. The molecule has 3 nitrogen and oxygen atoms in total. The van der Waals surface area contributed by atoms with Gasteiger partial charge in [-0.25, -0.2) is 0 Å². The van der Waals surface area contributed by atoms with Crippen LogP contribution in [0.15, 0.2) is 66.7 Å². The van der Waals surface area contributed by atoms with E-state index in [4.69, 9.17) is 11.5 Å². The largest absolute Gasteiger partial charge is 0.399 e. The fourth-order valence-corrected chi connectivity index (χ4v) is 3.28. The minimum atomic E-state index is 0.769. The molecule has 23 heavy (non-hydrogen) atoms. The Balaban J connectivity index is 2.21. The average Bonchev–Trinajstić information content (AvgIpc) is 2.57. The van der Waals surface area contributed by atoms with Gasteiger partial charge >= 0.3 is 0 Å². The number of hydrogen-bond acceptors (Lipinski definition) is 2. The van der Waals surface area contributed by atoms with E-state index in [-0.39, 0.29) is 0 Å². The summed E-state index contributed by atoms with van der Waals surface area (Å²) in [4.78, 5) is 0. The van der Waals surface area contributed by atoms with Crippen molar-refractivity contribution in [3.63, 3.8) is 0 Å². The van der Waals surface area contributed by atoms with Gasteiger partial charge in [0.2, 0.25) is 11.2 Å². The van der Waals surface area contributed by atoms with Crippen LogP contribution in [0, 0.1) is 0 Å². The van der Waals surface area contributed by atoms with Crippen molar-refractivity contribution in [2.75, 3.05) is 11.5 Å². The molecule has 4 N–H and O–H groups in total. The normalized spacial score (nSPS) is 11.2. The number of anilines is 2. The van der Waals surface area contributed by atoms with Crippen LogP contribution in [0.5, 0.6) is 0 Å². The number of pyridine rings is 1. The van der Waals surface area contributed by atoms with Gasteiger partial charge in [0.25, 0.3) is 0 Å². The van der Waals surface area contributed by atoms with Crippen molar-refractivity contribution in [1.82, 2.24) is 0 Å². The van der Waals surface area contributed by atoms with Gasteiger partial charge in [0.15, 0.2) is 0 Å². The molecular formula is C20H18N3+. The summed E-state index contributed by atoms with van der Waals surface area (Å²) in [7, 11) is 2.10. The van der Waals surface area contributed by atoms with Crippen molar-refractivity contribution in [1.29, 1.82) is 0 Å².